The Morgan fingerprint density at radius 3 is 2.52 bits per heavy atom. The first-order valence-electron chi connectivity index (χ1n) is 7.48. The van der Waals surface area contributed by atoms with Crippen molar-refractivity contribution in [2.75, 3.05) is 23.8 Å². The molecular formula is C17H23N3O. The minimum Gasteiger partial charge on any atom is -0.476 e. The van der Waals surface area contributed by atoms with Crippen LogP contribution in [0.25, 0.3) is 0 Å². The maximum Gasteiger partial charge on any atom is 0.239 e. The fourth-order valence-corrected chi connectivity index (χ4v) is 2.14. The first kappa shape index (κ1) is 15.2. The van der Waals surface area contributed by atoms with Crippen molar-refractivity contribution in [2.45, 2.75) is 26.7 Å². The number of hydrogen-bond acceptors (Lipinski definition) is 4. The zero-order chi connectivity index (χ0) is 15.1. The number of para-hydroxylation sites is 1. The van der Waals surface area contributed by atoms with Gasteiger partial charge in [0.15, 0.2) is 0 Å². The minimum atomic E-state index is 0.507. The van der Waals surface area contributed by atoms with Gasteiger partial charge in [-0.2, -0.15) is 4.98 Å². The van der Waals surface area contributed by atoms with Gasteiger partial charge in [-0.05, 0) is 37.6 Å². The van der Waals surface area contributed by atoms with Crippen LogP contribution < -0.4 is 15.4 Å². The van der Waals surface area contributed by atoms with Crippen molar-refractivity contribution < 1.29 is 4.74 Å². The summed E-state index contributed by atoms with van der Waals surface area (Å²) in [5, 5.41) is 0. The predicted octanol–water partition coefficient (Wildman–Crippen LogP) is 4.00. The molecule has 2 rings (SSSR count). The molecule has 4 nitrogen and oxygen atoms in total. The third-order valence-corrected chi connectivity index (χ3v) is 3.24. The van der Waals surface area contributed by atoms with Crippen LogP contribution in [0, 0.1) is 0 Å². The molecule has 0 fully saturated rings. The number of benzene rings is 1. The summed E-state index contributed by atoms with van der Waals surface area (Å²) in [5.74, 6) is 1.37. The molecule has 0 unspecified atom stereocenters. The molecule has 0 aliphatic carbocycles. The van der Waals surface area contributed by atoms with Crippen LogP contribution in [-0.2, 0) is 0 Å². The Morgan fingerprint density at radius 1 is 1.10 bits per heavy atom. The summed E-state index contributed by atoms with van der Waals surface area (Å²) in [6.07, 6.45) is 2.24. The lowest BCUT2D eigenvalue weighted by molar-refractivity contribution is 0.329. The summed E-state index contributed by atoms with van der Waals surface area (Å²) >= 11 is 0. The third kappa shape index (κ3) is 3.88. The maximum atomic E-state index is 5.91. The summed E-state index contributed by atoms with van der Waals surface area (Å²) < 4.78 is 5.51. The molecule has 0 spiro atoms. The molecule has 0 amide bonds. The van der Waals surface area contributed by atoms with Gasteiger partial charge >= 0.3 is 0 Å². The van der Waals surface area contributed by atoms with E-state index in [4.69, 9.17) is 10.5 Å². The van der Waals surface area contributed by atoms with Gasteiger partial charge in [0.25, 0.3) is 0 Å². The molecule has 0 radical (unpaired) electrons. The number of hydrogen-bond donors (Lipinski definition) is 1. The van der Waals surface area contributed by atoms with E-state index in [0.717, 1.165) is 30.9 Å². The largest absolute Gasteiger partial charge is 0.476 e. The molecule has 0 bridgehead atoms. The Kier molecular flexibility index (Phi) is 5.43. The molecule has 0 aliphatic rings. The Bertz CT molecular complexity index is 557. The van der Waals surface area contributed by atoms with Crippen LogP contribution in [0.1, 0.15) is 26.7 Å². The number of nitrogen functional groups attached to an aromatic ring is 1. The second-order valence-electron chi connectivity index (χ2n) is 4.84. The first-order chi connectivity index (χ1) is 10.3. The molecule has 2 aromatic rings. The summed E-state index contributed by atoms with van der Waals surface area (Å²) in [4.78, 5) is 6.77. The molecule has 0 saturated carbocycles. The average Bonchev–Trinajstić information content (AvgIpc) is 2.52. The lowest BCUT2D eigenvalue weighted by Gasteiger charge is -2.24. The average molecular weight is 285 g/mol. The first-order valence-corrected chi connectivity index (χ1v) is 7.48. The van der Waals surface area contributed by atoms with Gasteiger partial charge in [0.2, 0.25) is 5.88 Å². The molecule has 21 heavy (non-hydrogen) atoms. The van der Waals surface area contributed by atoms with E-state index < -0.39 is 0 Å². The normalized spacial score (nSPS) is 10.4. The standard InChI is InChI=1S/C17H23N3O/c1-3-5-13-20(14-9-7-6-8-10-14)16-12-11-15(18)17(19-16)21-4-2/h6-12H,3-5,13,18H2,1-2H3. The van der Waals surface area contributed by atoms with Crippen molar-refractivity contribution in [3.63, 3.8) is 0 Å². The quantitative estimate of drug-likeness (QED) is 0.835. The van der Waals surface area contributed by atoms with Crippen molar-refractivity contribution in [3.8, 4) is 5.88 Å². The smallest absolute Gasteiger partial charge is 0.239 e. The fourth-order valence-electron chi connectivity index (χ4n) is 2.14. The summed E-state index contributed by atoms with van der Waals surface area (Å²) in [5.41, 5.74) is 7.61. The van der Waals surface area contributed by atoms with Gasteiger partial charge in [0.05, 0.1) is 12.3 Å². The van der Waals surface area contributed by atoms with Crippen molar-refractivity contribution in [2.24, 2.45) is 0 Å². The van der Waals surface area contributed by atoms with Gasteiger partial charge in [-0.3, -0.25) is 0 Å². The van der Waals surface area contributed by atoms with Gasteiger partial charge in [-0.25, -0.2) is 0 Å². The Hall–Kier alpha value is -2.23. The molecule has 4 heteroatoms. The van der Waals surface area contributed by atoms with Crippen molar-refractivity contribution in [1.82, 2.24) is 4.98 Å². The topological polar surface area (TPSA) is 51.4 Å². The Morgan fingerprint density at radius 2 is 1.86 bits per heavy atom. The van der Waals surface area contributed by atoms with Crippen LogP contribution in [0.4, 0.5) is 17.2 Å². The highest BCUT2D eigenvalue weighted by atomic mass is 16.5. The number of pyridine rings is 1. The van der Waals surface area contributed by atoms with E-state index in [0.29, 0.717) is 18.2 Å². The summed E-state index contributed by atoms with van der Waals surface area (Å²) in [6, 6.07) is 14.1. The molecule has 1 aromatic heterocycles. The number of ether oxygens (including phenoxy) is 1. The number of unbranched alkanes of at least 4 members (excludes halogenated alkanes) is 1. The van der Waals surface area contributed by atoms with Crippen molar-refractivity contribution >= 4 is 17.2 Å². The van der Waals surface area contributed by atoms with Crippen molar-refractivity contribution in [3.05, 3.63) is 42.5 Å². The van der Waals surface area contributed by atoms with E-state index in [1.807, 2.05) is 37.3 Å². The molecule has 1 aromatic carbocycles. The Labute approximate surface area is 126 Å². The zero-order valence-electron chi connectivity index (χ0n) is 12.7. The highest BCUT2D eigenvalue weighted by molar-refractivity contribution is 5.63. The van der Waals surface area contributed by atoms with Gasteiger partial charge < -0.3 is 15.4 Å². The molecular weight excluding hydrogens is 262 g/mol. The van der Waals surface area contributed by atoms with Gasteiger partial charge in [0.1, 0.15) is 5.82 Å². The molecule has 2 N–H and O–H groups in total. The van der Waals surface area contributed by atoms with E-state index >= 15 is 0 Å². The van der Waals surface area contributed by atoms with E-state index in [2.05, 4.69) is 28.9 Å². The molecule has 1 heterocycles. The van der Waals surface area contributed by atoms with E-state index in [1.54, 1.807) is 0 Å². The minimum absolute atomic E-state index is 0.507. The fraction of sp³-hybridized carbons (Fsp3) is 0.353. The van der Waals surface area contributed by atoms with Gasteiger partial charge in [0, 0.05) is 12.2 Å². The highest BCUT2D eigenvalue weighted by Gasteiger charge is 2.12. The van der Waals surface area contributed by atoms with Crippen LogP contribution in [0.3, 0.4) is 0 Å². The lowest BCUT2D eigenvalue weighted by atomic mass is 10.2. The zero-order valence-corrected chi connectivity index (χ0v) is 12.7. The van der Waals surface area contributed by atoms with Crippen LogP contribution >= 0.6 is 0 Å². The van der Waals surface area contributed by atoms with Gasteiger partial charge in [-0.15, -0.1) is 0 Å². The van der Waals surface area contributed by atoms with Crippen LogP contribution in [0.2, 0.25) is 0 Å². The van der Waals surface area contributed by atoms with E-state index in [-0.39, 0.29) is 0 Å². The van der Waals surface area contributed by atoms with Crippen LogP contribution in [0.5, 0.6) is 5.88 Å². The van der Waals surface area contributed by atoms with Crippen LogP contribution in [-0.4, -0.2) is 18.1 Å². The third-order valence-electron chi connectivity index (χ3n) is 3.24. The number of rotatable bonds is 7. The molecule has 112 valence electrons. The van der Waals surface area contributed by atoms with E-state index in [1.165, 1.54) is 0 Å². The Balaban J connectivity index is 2.34. The molecule has 0 atom stereocenters. The summed E-state index contributed by atoms with van der Waals surface area (Å²) in [7, 11) is 0. The lowest BCUT2D eigenvalue weighted by Crippen LogP contribution is -2.20. The van der Waals surface area contributed by atoms with Crippen molar-refractivity contribution in [1.29, 1.82) is 0 Å². The highest BCUT2D eigenvalue weighted by Crippen LogP contribution is 2.28. The van der Waals surface area contributed by atoms with Crippen LogP contribution in [0.15, 0.2) is 42.5 Å². The van der Waals surface area contributed by atoms with E-state index in [9.17, 15) is 0 Å². The van der Waals surface area contributed by atoms with Gasteiger partial charge in [-0.1, -0.05) is 31.5 Å². The number of nitrogens with two attached hydrogens (primary N) is 1. The summed E-state index contributed by atoms with van der Waals surface area (Å²) in [6.45, 7) is 5.59. The number of aromatic nitrogens is 1. The SMILES string of the molecule is CCCCN(c1ccccc1)c1ccc(N)c(OCC)n1. The second-order valence-corrected chi connectivity index (χ2v) is 4.84. The molecule has 0 aliphatic heterocycles. The maximum absolute atomic E-state index is 5.91. The number of anilines is 3. The predicted molar refractivity (Wildman–Crippen MR) is 88.2 cm³/mol. The monoisotopic (exact) mass is 285 g/mol. The molecule has 0 saturated heterocycles. The second kappa shape index (κ2) is 7.53. The number of nitrogens with zero attached hydrogens (tertiary/aromatic N) is 2.